The Kier molecular flexibility index (Phi) is 4.47. The molecule has 20 heavy (non-hydrogen) atoms. The normalized spacial score (nSPS) is 19.5. The van der Waals surface area contributed by atoms with Crippen LogP contribution in [-0.4, -0.2) is 25.7 Å². The third-order valence-corrected chi connectivity index (χ3v) is 3.42. The molecule has 2 nitrogen and oxygen atoms in total. The van der Waals surface area contributed by atoms with Gasteiger partial charge in [0.15, 0.2) is 23.3 Å². The first-order chi connectivity index (χ1) is 9.47. The Morgan fingerprint density at radius 3 is 2.10 bits per heavy atom. The van der Waals surface area contributed by atoms with E-state index in [2.05, 4.69) is 5.32 Å². The quantitative estimate of drug-likeness (QED) is 0.524. The Morgan fingerprint density at radius 1 is 1.00 bits per heavy atom. The lowest BCUT2D eigenvalue weighted by Gasteiger charge is -2.35. The van der Waals surface area contributed by atoms with Gasteiger partial charge in [0, 0.05) is 19.1 Å². The van der Waals surface area contributed by atoms with Crippen LogP contribution in [0.4, 0.5) is 27.6 Å². The second-order valence-electron chi connectivity index (χ2n) is 4.76. The van der Waals surface area contributed by atoms with Gasteiger partial charge in [-0.05, 0) is 19.4 Å². The van der Waals surface area contributed by atoms with Crippen LogP contribution in [0.15, 0.2) is 0 Å². The summed E-state index contributed by atoms with van der Waals surface area (Å²) in [5.41, 5.74) is -0.830. The van der Waals surface area contributed by atoms with Crippen LogP contribution in [0.25, 0.3) is 0 Å². The molecule has 0 spiro atoms. The molecule has 112 valence electrons. The van der Waals surface area contributed by atoms with E-state index in [0.29, 0.717) is 13.0 Å². The fourth-order valence-corrected chi connectivity index (χ4v) is 2.51. The number of halogens is 5. The van der Waals surface area contributed by atoms with Crippen LogP contribution in [0.2, 0.25) is 0 Å². The van der Waals surface area contributed by atoms with Crippen LogP contribution in [0.3, 0.4) is 0 Å². The summed E-state index contributed by atoms with van der Waals surface area (Å²) in [6.45, 7) is 3.04. The highest BCUT2D eigenvalue weighted by atomic mass is 19.2. The lowest BCUT2D eigenvalue weighted by molar-refractivity contribution is 0.370. The summed E-state index contributed by atoms with van der Waals surface area (Å²) in [5.74, 6) is -9.45. The van der Waals surface area contributed by atoms with Crippen molar-refractivity contribution in [3.8, 4) is 0 Å². The number of nitrogens with one attached hydrogen (secondary N) is 1. The van der Waals surface area contributed by atoms with Gasteiger partial charge in [0.05, 0.1) is 0 Å². The van der Waals surface area contributed by atoms with Gasteiger partial charge in [0.1, 0.15) is 5.69 Å². The maximum Gasteiger partial charge on any atom is 0.200 e. The van der Waals surface area contributed by atoms with Gasteiger partial charge in [-0.25, -0.2) is 22.0 Å². The Labute approximate surface area is 113 Å². The minimum atomic E-state index is -2.12. The van der Waals surface area contributed by atoms with Crippen molar-refractivity contribution in [1.29, 1.82) is 0 Å². The highest BCUT2D eigenvalue weighted by Gasteiger charge is 2.31. The highest BCUT2D eigenvalue weighted by molar-refractivity contribution is 5.51. The van der Waals surface area contributed by atoms with Crippen molar-refractivity contribution in [3.63, 3.8) is 0 Å². The monoisotopic (exact) mass is 294 g/mol. The van der Waals surface area contributed by atoms with E-state index in [0.717, 1.165) is 6.42 Å². The molecule has 0 radical (unpaired) electrons. The first-order valence-corrected chi connectivity index (χ1v) is 6.47. The predicted molar refractivity (Wildman–Crippen MR) is 65.1 cm³/mol. The van der Waals surface area contributed by atoms with E-state index < -0.39 is 34.8 Å². The second-order valence-corrected chi connectivity index (χ2v) is 4.76. The van der Waals surface area contributed by atoms with Crippen molar-refractivity contribution in [1.82, 2.24) is 5.32 Å². The zero-order chi connectivity index (χ0) is 14.9. The number of piperidine rings is 1. The third-order valence-electron chi connectivity index (χ3n) is 3.42. The van der Waals surface area contributed by atoms with Gasteiger partial charge in [0.25, 0.3) is 0 Å². The van der Waals surface area contributed by atoms with Crippen molar-refractivity contribution >= 4 is 5.69 Å². The summed E-state index contributed by atoms with van der Waals surface area (Å²) in [6.07, 6.45) is 1.43. The molecule has 0 aliphatic carbocycles. The van der Waals surface area contributed by atoms with Crippen LogP contribution in [-0.2, 0) is 0 Å². The molecule has 0 aromatic heterocycles. The van der Waals surface area contributed by atoms with E-state index in [-0.39, 0.29) is 19.1 Å². The van der Waals surface area contributed by atoms with Crippen LogP contribution in [0, 0.1) is 29.1 Å². The largest absolute Gasteiger partial charge is 0.365 e. The number of anilines is 1. The van der Waals surface area contributed by atoms with E-state index in [4.69, 9.17) is 0 Å². The minimum Gasteiger partial charge on any atom is -0.365 e. The summed E-state index contributed by atoms with van der Waals surface area (Å²) >= 11 is 0. The summed E-state index contributed by atoms with van der Waals surface area (Å²) in [4.78, 5) is 1.22. The molecule has 1 aliphatic rings. The zero-order valence-electron chi connectivity index (χ0n) is 10.9. The summed E-state index contributed by atoms with van der Waals surface area (Å²) in [6, 6.07) is -0.0243. The molecule has 1 aliphatic heterocycles. The van der Waals surface area contributed by atoms with Crippen LogP contribution < -0.4 is 10.2 Å². The molecule has 0 bridgehead atoms. The Hall–Kier alpha value is -1.37. The number of hydrogen-bond acceptors (Lipinski definition) is 2. The molecule has 1 saturated heterocycles. The van der Waals surface area contributed by atoms with E-state index in [1.807, 2.05) is 6.92 Å². The molecule has 0 saturated carbocycles. The summed E-state index contributed by atoms with van der Waals surface area (Å²) in [5, 5.41) is 3.12. The molecular weight excluding hydrogens is 279 g/mol. The third kappa shape index (κ3) is 2.59. The maximum absolute atomic E-state index is 13.7. The van der Waals surface area contributed by atoms with Crippen molar-refractivity contribution in [2.24, 2.45) is 0 Å². The smallest absolute Gasteiger partial charge is 0.200 e. The SMILES string of the molecule is CCNC1CCCN(c2c(F)c(F)c(F)c(F)c2F)C1. The van der Waals surface area contributed by atoms with E-state index in [9.17, 15) is 22.0 Å². The van der Waals surface area contributed by atoms with Gasteiger partial charge < -0.3 is 10.2 Å². The average Bonchev–Trinajstić information content (AvgIpc) is 2.44. The topological polar surface area (TPSA) is 15.3 Å². The van der Waals surface area contributed by atoms with Crippen molar-refractivity contribution < 1.29 is 22.0 Å². The van der Waals surface area contributed by atoms with Crippen molar-refractivity contribution in [2.75, 3.05) is 24.5 Å². The average molecular weight is 294 g/mol. The first-order valence-electron chi connectivity index (χ1n) is 6.47. The van der Waals surface area contributed by atoms with Gasteiger partial charge in [-0.2, -0.15) is 0 Å². The van der Waals surface area contributed by atoms with Crippen LogP contribution >= 0.6 is 0 Å². The van der Waals surface area contributed by atoms with Crippen molar-refractivity contribution in [3.05, 3.63) is 29.1 Å². The molecule has 1 aromatic rings. The van der Waals surface area contributed by atoms with E-state index in [1.54, 1.807) is 0 Å². The first kappa shape index (κ1) is 15.0. The van der Waals surface area contributed by atoms with Crippen LogP contribution in [0.5, 0.6) is 0 Å². The molecular formula is C13H15F5N2. The number of benzene rings is 1. The Bertz CT molecular complexity index is 475. The van der Waals surface area contributed by atoms with E-state index >= 15 is 0 Å². The van der Waals surface area contributed by atoms with Gasteiger partial charge in [-0.1, -0.05) is 6.92 Å². The number of hydrogen-bond donors (Lipinski definition) is 1. The molecule has 1 fully saturated rings. The molecule has 1 atom stereocenters. The van der Waals surface area contributed by atoms with Gasteiger partial charge in [0.2, 0.25) is 5.82 Å². The summed E-state index contributed by atoms with van der Waals surface area (Å²) in [7, 11) is 0. The number of likely N-dealkylation sites (N-methyl/N-ethyl adjacent to an activating group) is 1. The molecule has 2 rings (SSSR count). The van der Waals surface area contributed by atoms with Crippen LogP contribution in [0.1, 0.15) is 19.8 Å². The molecule has 1 N–H and O–H groups in total. The number of rotatable bonds is 3. The lowest BCUT2D eigenvalue weighted by Crippen LogP contribution is -2.46. The van der Waals surface area contributed by atoms with Crippen molar-refractivity contribution in [2.45, 2.75) is 25.8 Å². The maximum atomic E-state index is 13.7. The van der Waals surface area contributed by atoms with Gasteiger partial charge in [-0.3, -0.25) is 0 Å². The predicted octanol–water partition coefficient (Wildman–Crippen LogP) is 2.96. The van der Waals surface area contributed by atoms with Gasteiger partial charge >= 0.3 is 0 Å². The fraction of sp³-hybridized carbons (Fsp3) is 0.538. The molecule has 1 heterocycles. The molecule has 0 amide bonds. The summed E-state index contributed by atoms with van der Waals surface area (Å²) < 4.78 is 66.8. The zero-order valence-corrected chi connectivity index (χ0v) is 10.9. The Morgan fingerprint density at radius 2 is 1.55 bits per heavy atom. The Balaban J connectivity index is 2.37. The minimum absolute atomic E-state index is 0.0243. The lowest BCUT2D eigenvalue weighted by atomic mass is 10.0. The number of nitrogens with zero attached hydrogens (tertiary/aromatic N) is 1. The second kappa shape index (κ2) is 5.95. The standard InChI is InChI=1S/C13H15F5N2/c1-2-19-7-4-3-5-20(6-7)13-11(17)9(15)8(14)10(16)12(13)18/h7,19H,2-6H2,1H3. The molecule has 1 aromatic carbocycles. The highest BCUT2D eigenvalue weighted by Crippen LogP contribution is 2.31. The van der Waals surface area contributed by atoms with Gasteiger partial charge in [-0.15, -0.1) is 0 Å². The molecule has 1 unspecified atom stereocenters. The molecule has 7 heteroatoms. The fourth-order valence-electron chi connectivity index (χ4n) is 2.51. The van der Waals surface area contributed by atoms with E-state index in [1.165, 1.54) is 4.90 Å².